The van der Waals surface area contributed by atoms with Gasteiger partial charge < -0.3 is 4.74 Å². The van der Waals surface area contributed by atoms with Crippen LogP contribution in [0, 0.1) is 17.3 Å². The number of carbonyl (C=O) groups is 1. The van der Waals surface area contributed by atoms with Crippen molar-refractivity contribution in [3.8, 4) is 0 Å². The van der Waals surface area contributed by atoms with E-state index in [2.05, 4.69) is 4.74 Å². The predicted octanol–water partition coefficient (Wildman–Crippen LogP) is 6.30. The molecule has 1 unspecified atom stereocenters. The van der Waals surface area contributed by atoms with Gasteiger partial charge in [-0.15, -0.1) is 0 Å². The van der Waals surface area contributed by atoms with Crippen molar-refractivity contribution in [2.45, 2.75) is 72.6 Å². The van der Waals surface area contributed by atoms with Gasteiger partial charge in [0.1, 0.15) is 0 Å². The lowest BCUT2D eigenvalue weighted by molar-refractivity contribution is -0.312. The maximum Gasteiger partial charge on any atom is 0.434 e. The van der Waals surface area contributed by atoms with Gasteiger partial charge in [-0.25, -0.2) is 0 Å². The molecule has 11 heteroatoms. The van der Waals surface area contributed by atoms with Gasteiger partial charge in [-0.05, 0) is 17.8 Å². The van der Waals surface area contributed by atoms with Gasteiger partial charge in [0.15, 0.2) is 0 Å². The molecule has 0 saturated heterocycles. The summed E-state index contributed by atoms with van der Waals surface area (Å²) in [5.41, 5.74) is -0.259. The van der Waals surface area contributed by atoms with Gasteiger partial charge in [0, 0.05) is 6.92 Å². The van der Waals surface area contributed by atoms with Crippen LogP contribution in [0.2, 0.25) is 0 Å². The Bertz CT molecular complexity index is 414. The average Bonchev–Trinajstić information content (AvgIpc) is 2.28. The molecule has 0 aliphatic carbocycles. The second-order valence-electron chi connectivity index (χ2n) is 7.23. The highest BCUT2D eigenvalue weighted by molar-refractivity contribution is 5.66. The molecule has 0 aliphatic heterocycles. The van der Waals surface area contributed by atoms with Crippen LogP contribution in [-0.2, 0) is 9.53 Å². The van der Waals surface area contributed by atoms with Crippen LogP contribution in [0.5, 0.6) is 0 Å². The monoisotopic (exact) mass is 406 g/mol. The van der Waals surface area contributed by atoms with E-state index in [9.17, 15) is 44.3 Å². The Kier molecular flexibility index (Phi) is 9.54. The molecule has 0 heterocycles. The molecule has 0 N–H and O–H groups in total. The highest BCUT2D eigenvalue weighted by Crippen LogP contribution is 2.40. The summed E-state index contributed by atoms with van der Waals surface area (Å²) in [6.45, 7) is 9.24. The zero-order valence-electron chi connectivity index (χ0n) is 15.2. The fourth-order valence-electron chi connectivity index (χ4n) is 1.87. The van der Waals surface area contributed by atoms with Crippen LogP contribution in [0.1, 0.15) is 48.0 Å². The Labute approximate surface area is 146 Å². The molecular weight excluding hydrogens is 383 g/mol. The van der Waals surface area contributed by atoms with Gasteiger partial charge in [-0.1, -0.05) is 34.6 Å². The van der Waals surface area contributed by atoms with Gasteiger partial charge in [0.25, 0.3) is 6.10 Å². The number of hydrogen-bond donors (Lipinski definition) is 0. The summed E-state index contributed by atoms with van der Waals surface area (Å²) < 4.78 is 110. The first-order valence-corrected chi connectivity index (χ1v) is 7.46. The molecule has 0 aliphatic rings. The maximum absolute atomic E-state index is 12.5. The van der Waals surface area contributed by atoms with E-state index in [1.165, 1.54) is 0 Å². The van der Waals surface area contributed by atoms with Crippen LogP contribution in [0.3, 0.4) is 0 Å². The van der Waals surface area contributed by atoms with Crippen LogP contribution < -0.4 is 0 Å². The minimum Gasteiger partial charge on any atom is -0.443 e. The number of carbonyl (C=O) groups excluding carboxylic acids is 1. The van der Waals surface area contributed by atoms with Crippen LogP contribution in [0.25, 0.3) is 0 Å². The van der Waals surface area contributed by atoms with E-state index >= 15 is 0 Å². The van der Waals surface area contributed by atoms with Gasteiger partial charge in [-0.2, -0.15) is 39.5 Å². The molecule has 0 saturated carbocycles. The number of alkyl halides is 9. The van der Waals surface area contributed by atoms with Crippen LogP contribution in [-0.4, -0.2) is 30.6 Å². The summed E-state index contributed by atoms with van der Waals surface area (Å²) in [7, 11) is 0. The van der Waals surface area contributed by atoms with Crippen molar-refractivity contribution < 1.29 is 49.0 Å². The van der Waals surface area contributed by atoms with E-state index in [0.717, 1.165) is 0 Å². The first-order valence-electron chi connectivity index (χ1n) is 7.46. The molecule has 0 aromatic carbocycles. The molecule has 0 spiro atoms. The Morgan fingerprint density at radius 1 is 0.808 bits per heavy atom. The van der Waals surface area contributed by atoms with Crippen molar-refractivity contribution in [2.75, 3.05) is 0 Å². The minimum atomic E-state index is -5.64. The van der Waals surface area contributed by atoms with Crippen molar-refractivity contribution in [1.82, 2.24) is 0 Å². The van der Waals surface area contributed by atoms with Crippen molar-refractivity contribution in [2.24, 2.45) is 17.3 Å². The Balaban J connectivity index is 0. The summed E-state index contributed by atoms with van der Waals surface area (Å²) in [5, 5.41) is 0. The smallest absolute Gasteiger partial charge is 0.434 e. The number of rotatable bonds is 3. The number of ether oxygens (including phenoxy) is 1. The summed E-state index contributed by atoms with van der Waals surface area (Å²) in [6.07, 6.45) is -19.2. The maximum atomic E-state index is 12.5. The highest BCUT2D eigenvalue weighted by atomic mass is 19.4. The van der Waals surface area contributed by atoms with Crippen LogP contribution >= 0.6 is 0 Å². The van der Waals surface area contributed by atoms with Crippen LogP contribution in [0.4, 0.5) is 39.5 Å². The molecule has 0 fully saturated rings. The van der Waals surface area contributed by atoms with Gasteiger partial charge in [0.05, 0.1) is 5.92 Å². The zero-order valence-corrected chi connectivity index (χ0v) is 15.2. The third-order valence-electron chi connectivity index (χ3n) is 2.94. The second kappa shape index (κ2) is 9.16. The molecule has 0 amide bonds. The summed E-state index contributed by atoms with van der Waals surface area (Å²) in [6, 6.07) is 0. The zero-order chi connectivity index (χ0) is 21.7. The number of hydrogen-bond acceptors (Lipinski definition) is 2. The van der Waals surface area contributed by atoms with Gasteiger partial charge >= 0.3 is 24.5 Å². The van der Waals surface area contributed by atoms with E-state index in [-0.39, 0.29) is 17.8 Å². The van der Waals surface area contributed by atoms with E-state index in [1.807, 2.05) is 20.8 Å². The summed E-state index contributed by atoms with van der Waals surface area (Å²) in [5.74, 6) is -3.15. The molecule has 0 radical (unpaired) electrons. The molecule has 0 rings (SSSR count). The van der Waals surface area contributed by atoms with Gasteiger partial charge in [0.2, 0.25) is 0 Å². The molecule has 1 atom stereocenters. The highest BCUT2D eigenvalue weighted by Gasteiger charge is 2.59. The normalized spacial score (nSPS) is 14.8. The third kappa shape index (κ3) is 12.2. The van der Waals surface area contributed by atoms with Crippen molar-refractivity contribution in [1.29, 1.82) is 0 Å². The Morgan fingerprint density at radius 2 is 1.15 bits per heavy atom. The van der Waals surface area contributed by atoms with E-state index in [0.29, 0.717) is 6.92 Å². The van der Waals surface area contributed by atoms with Crippen molar-refractivity contribution in [3.05, 3.63) is 0 Å². The lowest BCUT2D eigenvalue weighted by Gasteiger charge is -2.30. The average molecular weight is 406 g/mol. The molecule has 0 aromatic rings. The predicted molar refractivity (Wildman–Crippen MR) is 76.1 cm³/mol. The molecule has 0 aromatic heterocycles. The fourth-order valence-corrected chi connectivity index (χ4v) is 1.87. The third-order valence-corrected chi connectivity index (χ3v) is 2.94. The SMILES string of the molecule is CC(=O)OC(C(F)(F)F)C(F)(F)F.CC(C)C(CC(C)(C)C)C(F)(F)F. The lowest BCUT2D eigenvalue weighted by atomic mass is 9.79. The first-order chi connectivity index (χ1) is 11.1. The standard InChI is InChI=1S/C10H19F3.C5H4F6O2/c1-7(2)8(10(11,12)13)6-9(3,4)5;1-2(12)13-3(4(6,7)8)5(9,10)11/h7-8H,6H2,1-5H3;3H,1H3. The molecule has 26 heavy (non-hydrogen) atoms. The Morgan fingerprint density at radius 3 is 1.23 bits per heavy atom. The van der Waals surface area contributed by atoms with E-state index in [1.54, 1.807) is 13.8 Å². The number of halogens is 9. The van der Waals surface area contributed by atoms with Gasteiger partial charge in [-0.3, -0.25) is 4.79 Å². The first kappa shape index (κ1) is 27.1. The van der Waals surface area contributed by atoms with Crippen molar-refractivity contribution >= 4 is 5.97 Å². The largest absolute Gasteiger partial charge is 0.443 e. The summed E-state index contributed by atoms with van der Waals surface area (Å²) in [4.78, 5) is 9.93. The molecule has 0 bridgehead atoms. The topological polar surface area (TPSA) is 26.3 Å². The lowest BCUT2D eigenvalue weighted by Crippen LogP contribution is -2.45. The fraction of sp³-hybridized carbons (Fsp3) is 0.933. The molecule has 2 nitrogen and oxygen atoms in total. The second-order valence-corrected chi connectivity index (χ2v) is 7.23. The minimum absolute atomic E-state index is 0.203. The molecular formula is C15H23F9O2. The number of esters is 1. The van der Waals surface area contributed by atoms with Crippen LogP contribution in [0.15, 0.2) is 0 Å². The quantitative estimate of drug-likeness (QED) is 0.406. The summed E-state index contributed by atoms with van der Waals surface area (Å²) >= 11 is 0. The molecule has 158 valence electrons. The van der Waals surface area contributed by atoms with E-state index in [4.69, 9.17) is 0 Å². The van der Waals surface area contributed by atoms with E-state index < -0.39 is 36.5 Å². The van der Waals surface area contributed by atoms with Crippen molar-refractivity contribution in [3.63, 3.8) is 0 Å². The Hall–Kier alpha value is -1.16.